The third-order valence-corrected chi connectivity index (χ3v) is 6.74. The van der Waals surface area contributed by atoms with Gasteiger partial charge in [0, 0.05) is 75.8 Å². The third-order valence-electron chi connectivity index (χ3n) is 5.64. The molecule has 0 radical (unpaired) electrons. The molecule has 0 aliphatic carbocycles. The molecule has 1 heterocycles. The summed E-state index contributed by atoms with van der Waals surface area (Å²) < 4.78 is 21.2. The molecule has 0 saturated carbocycles. The van der Waals surface area contributed by atoms with E-state index in [0.717, 1.165) is 58.7 Å². The van der Waals surface area contributed by atoms with Gasteiger partial charge in [-0.25, -0.2) is 0 Å². The number of benzene rings is 2. The molecule has 8 nitrogen and oxygen atoms in total. The van der Waals surface area contributed by atoms with Gasteiger partial charge in [-0.05, 0) is 30.3 Å². The van der Waals surface area contributed by atoms with Gasteiger partial charge in [-0.1, -0.05) is 11.8 Å². The van der Waals surface area contributed by atoms with Crippen LogP contribution in [0.3, 0.4) is 0 Å². The van der Waals surface area contributed by atoms with Gasteiger partial charge < -0.3 is 34.1 Å². The van der Waals surface area contributed by atoms with E-state index in [9.17, 15) is 5.26 Å². The van der Waals surface area contributed by atoms with Crippen molar-refractivity contribution < 1.29 is 18.9 Å². The van der Waals surface area contributed by atoms with E-state index in [2.05, 4.69) is 45.5 Å². The fraction of sp³-hybridized carbons (Fsp3) is 0.480. The summed E-state index contributed by atoms with van der Waals surface area (Å²) in [6.45, 7) is 5.48. The minimum atomic E-state index is 0.596. The molecule has 0 aromatic heterocycles. The van der Waals surface area contributed by atoms with Crippen molar-refractivity contribution in [1.29, 1.82) is 5.26 Å². The summed E-state index contributed by atoms with van der Waals surface area (Å²) in [7, 11) is 6.81. The Morgan fingerprint density at radius 3 is 1.82 bits per heavy atom. The second-order valence-corrected chi connectivity index (χ2v) is 8.91. The molecular weight excluding hydrogens is 452 g/mol. The molecule has 9 heteroatoms. The van der Waals surface area contributed by atoms with Gasteiger partial charge >= 0.3 is 0 Å². The number of nitrogens with zero attached hydrogens (tertiary/aromatic N) is 3. The van der Waals surface area contributed by atoms with E-state index < -0.39 is 0 Å². The first kappa shape index (κ1) is 26.1. The maximum absolute atomic E-state index is 9.88. The number of nitriles is 1. The van der Waals surface area contributed by atoms with E-state index in [-0.39, 0.29) is 0 Å². The summed E-state index contributed by atoms with van der Waals surface area (Å²) >= 11 is 1.68. The van der Waals surface area contributed by atoms with Gasteiger partial charge in [-0.15, -0.1) is 0 Å². The Balaban J connectivity index is 1.91. The van der Waals surface area contributed by atoms with Gasteiger partial charge in [0.1, 0.15) is 6.07 Å². The van der Waals surface area contributed by atoms with Crippen molar-refractivity contribution in [3.63, 3.8) is 0 Å². The van der Waals surface area contributed by atoms with Crippen LogP contribution in [0.2, 0.25) is 0 Å². The highest BCUT2D eigenvalue weighted by atomic mass is 32.2. The van der Waals surface area contributed by atoms with Gasteiger partial charge in [-0.3, -0.25) is 0 Å². The lowest BCUT2D eigenvalue weighted by atomic mass is 10.1. The minimum absolute atomic E-state index is 0.596. The Hall–Kier alpha value is -2.48. The second-order valence-electron chi connectivity index (χ2n) is 7.83. The summed E-state index contributed by atoms with van der Waals surface area (Å²) in [5.41, 5.74) is 4.57. The molecule has 0 atom stereocenters. The van der Waals surface area contributed by atoms with Crippen molar-refractivity contribution in [3.05, 3.63) is 35.9 Å². The maximum atomic E-state index is 9.88. The molecule has 0 fully saturated rings. The number of anilines is 4. The Bertz CT molecular complexity index is 966. The maximum Gasteiger partial charge on any atom is 0.101 e. The molecule has 184 valence electrons. The molecule has 1 aliphatic rings. The summed E-state index contributed by atoms with van der Waals surface area (Å²) in [5.74, 6) is 0. The van der Waals surface area contributed by atoms with E-state index in [0.29, 0.717) is 32.0 Å². The Morgan fingerprint density at radius 2 is 1.29 bits per heavy atom. The topological polar surface area (TPSA) is 79.2 Å². The third kappa shape index (κ3) is 6.56. The van der Waals surface area contributed by atoms with Gasteiger partial charge in [0.2, 0.25) is 0 Å². The number of fused-ring (bicyclic) bond motifs is 2. The fourth-order valence-electron chi connectivity index (χ4n) is 3.78. The first-order chi connectivity index (χ1) is 16.6. The molecule has 1 N–H and O–H groups in total. The van der Waals surface area contributed by atoms with Crippen LogP contribution in [0.1, 0.15) is 5.56 Å². The number of rotatable bonds is 14. The summed E-state index contributed by atoms with van der Waals surface area (Å²) in [4.78, 5) is 6.60. The van der Waals surface area contributed by atoms with E-state index in [4.69, 9.17) is 18.9 Å². The SMILES string of the molecule is COCCN(CCOC)c1ccc2c(c1)Sc1cc(N(CCOC)CCOC)cc(C#N)c1N2. The molecule has 3 rings (SSSR count). The zero-order valence-corrected chi connectivity index (χ0v) is 21.2. The lowest BCUT2D eigenvalue weighted by molar-refractivity contribution is 0.190. The van der Waals surface area contributed by atoms with Crippen molar-refractivity contribution in [2.45, 2.75) is 9.79 Å². The second kappa shape index (κ2) is 13.4. The van der Waals surface area contributed by atoms with Crippen LogP contribution in [0.25, 0.3) is 0 Å². The van der Waals surface area contributed by atoms with Crippen molar-refractivity contribution in [2.24, 2.45) is 0 Å². The highest BCUT2D eigenvalue weighted by molar-refractivity contribution is 7.99. The summed E-state index contributed by atoms with van der Waals surface area (Å²) in [6, 6.07) is 12.8. The van der Waals surface area contributed by atoms with Gasteiger partial charge in [-0.2, -0.15) is 5.26 Å². The van der Waals surface area contributed by atoms with Crippen molar-refractivity contribution in [2.75, 3.05) is 96.2 Å². The minimum Gasteiger partial charge on any atom is -0.383 e. The zero-order valence-electron chi connectivity index (χ0n) is 20.4. The summed E-state index contributed by atoms with van der Waals surface area (Å²) in [6.07, 6.45) is 0. The predicted molar refractivity (Wildman–Crippen MR) is 137 cm³/mol. The van der Waals surface area contributed by atoms with E-state index >= 15 is 0 Å². The summed E-state index contributed by atoms with van der Waals surface area (Å²) in [5, 5.41) is 13.4. The van der Waals surface area contributed by atoms with Crippen LogP contribution in [0.4, 0.5) is 22.7 Å². The first-order valence-electron chi connectivity index (χ1n) is 11.3. The number of methoxy groups -OCH3 is 4. The monoisotopic (exact) mass is 486 g/mol. The number of nitrogens with one attached hydrogen (secondary N) is 1. The molecule has 0 saturated heterocycles. The Kier molecular flexibility index (Phi) is 10.3. The van der Waals surface area contributed by atoms with Gasteiger partial charge in [0.25, 0.3) is 0 Å². The highest BCUT2D eigenvalue weighted by Gasteiger charge is 2.22. The van der Waals surface area contributed by atoms with E-state index in [1.165, 1.54) is 0 Å². The fourth-order valence-corrected chi connectivity index (χ4v) is 4.86. The quantitative estimate of drug-likeness (QED) is 0.364. The lowest BCUT2D eigenvalue weighted by Crippen LogP contribution is -2.31. The lowest BCUT2D eigenvalue weighted by Gasteiger charge is -2.29. The highest BCUT2D eigenvalue weighted by Crippen LogP contribution is 2.48. The van der Waals surface area contributed by atoms with E-state index in [1.807, 2.05) is 6.07 Å². The Morgan fingerprint density at radius 1 is 0.765 bits per heavy atom. The first-order valence-corrected chi connectivity index (χ1v) is 12.1. The molecular formula is C25H34N4O4S. The van der Waals surface area contributed by atoms with Crippen molar-refractivity contribution in [1.82, 2.24) is 0 Å². The normalized spacial score (nSPS) is 11.9. The molecule has 34 heavy (non-hydrogen) atoms. The van der Waals surface area contributed by atoms with Crippen LogP contribution in [-0.2, 0) is 18.9 Å². The van der Waals surface area contributed by atoms with Crippen molar-refractivity contribution in [3.8, 4) is 6.07 Å². The average molecular weight is 487 g/mol. The number of hydrogen-bond donors (Lipinski definition) is 1. The average Bonchev–Trinajstić information content (AvgIpc) is 2.86. The van der Waals surface area contributed by atoms with Crippen LogP contribution < -0.4 is 15.1 Å². The molecule has 2 aromatic rings. The molecule has 0 bridgehead atoms. The Labute approximate surface area is 206 Å². The molecule has 0 unspecified atom stereocenters. The van der Waals surface area contributed by atoms with Crippen LogP contribution in [0.15, 0.2) is 40.1 Å². The standard InChI is InChI=1S/C25H34N4O4S/c1-30-11-7-28(8-12-31-2)20-5-6-22-23(16-20)34-24-17-21(15-19(18-26)25(24)27-22)29(9-13-32-3)10-14-33-4/h5-6,15-17,27H,7-14H2,1-4H3. The molecule has 0 spiro atoms. The van der Waals surface area contributed by atoms with Gasteiger partial charge in [0.05, 0.1) is 43.4 Å². The number of ether oxygens (including phenoxy) is 4. The molecule has 1 aliphatic heterocycles. The largest absolute Gasteiger partial charge is 0.383 e. The molecule has 0 amide bonds. The molecule has 2 aromatic carbocycles. The van der Waals surface area contributed by atoms with Crippen LogP contribution in [0, 0.1) is 11.3 Å². The van der Waals surface area contributed by atoms with Crippen molar-refractivity contribution >= 4 is 34.5 Å². The van der Waals surface area contributed by atoms with Crippen LogP contribution in [-0.4, -0.2) is 81.0 Å². The zero-order chi connectivity index (χ0) is 24.3. The smallest absolute Gasteiger partial charge is 0.101 e. The van der Waals surface area contributed by atoms with Gasteiger partial charge in [0.15, 0.2) is 0 Å². The van der Waals surface area contributed by atoms with Crippen LogP contribution in [0.5, 0.6) is 0 Å². The van der Waals surface area contributed by atoms with E-state index in [1.54, 1.807) is 40.2 Å². The predicted octanol–water partition coefficient (Wildman–Crippen LogP) is 3.96. The van der Waals surface area contributed by atoms with Crippen LogP contribution >= 0.6 is 11.8 Å². The number of hydrogen-bond acceptors (Lipinski definition) is 9.